The Bertz CT molecular complexity index is 368. The van der Waals surface area contributed by atoms with Gasteiger partial charge in [0.15, 0.2) is 0 Å². The van der Waals surface area contributed by atoms with E-state index in [-0.39, 0.29) is 5.82 Å². The first-order valence-electron chi connectivity index (χ1n) is 5.11. The highest BCUT2D eigenvalue weighted by Crippen LogP contribution is 2.22. The van der Waals surface area contributed by atoms with E-state index in [0.717, 1.165) is 25.9 Å². The topological polar surface area (TPSA) is 64.2 Å². The Morgan fingerprint density at radius 1 is 1.40 bits per heavy atom. The highest BCUT2D eigenvalue weighted by atomic mass is 16.6. The van der Waals surface area contributed by atoms with Gasteiger partial charge in [0, 0.05) is 13.1 Å². The SMILES string of the molecule is Cn1c([N+](=O)[O-])cnc1N1CCCCC1. The lowest BCUT2D eigenvalue weighted by Gasteiger charge is -2.25. The van der Waals surface area contributed by atoms with Gasteiger partial charge in [-0.25, -0.2) is 0 Å². The third-order valence-corrected chi connectivity index (χ3v) is 2.77. The molecule has 0 aliphatic carbocycles. The zero-order valence-corrected chi connectivity index (χ0v) is 8.72. The van der Waals surface area contributed by atoms with E-state index < -0.39 is 4.92 Å². The number of aromatic nitrogens is 2. The van der Waals surface area contributed by atoms with E-state index >= 15 is 0 Å². The first-order valence-corrected chi connectivity index (χ1v) is 5.11. The van der Waals surface area contributed by atoms with Crippen LogP contribution in [0.4, 0.5) is 11.8 Å². The van der Waals surface area contributed by atoms with Crippen LogP contribution < -0.4 is 4.90 Å². The van der Waals surface area contributed by atoms with E-state index in [1.54, 1.807) is 11.6 Å². The van der Waals surface area contributed by atoms with E-state index in [1.165, 1.54) is 12.6 Å². The number of imidazole rings is 1. The molecule has 0 bridgehead atoms. The minimum Gasteiger partial charge on any atom is -0.358 e. The summed E-state index contributed by atoms with van der Waals surface area (Å²) in [6.07, 6.45) is 4.84. The number of nitrogens with zero attached hydrogens (tertiary/aromatic N) is 4. The summed E-state index contributed by atoms with van der Waals surface area (Å²) in [5.74, 6) is 0.761. The minimum atomic E-state index is -0.402. The van der Waals surface area contributed by atoms with Crippen molar-refractivity contribution in [1.29, 1.82) is 0 Å². The molecule has 2 heterocycles. The second-order valence-electron chi connectivity index (χ2n) is 3.78. The summed E-state index contributed by atoms with van der Waals surface area (Å²) in [5.41, 5.74) is 0. The third-order valence-electron chi connectivity index (χ3n) is 2.77. The normalized spacial score (nSPS) is 16.7. The molecule has 0 saturated carbocycles. The van der Waals surface area contributed by atoms with Crippen molar-refractivity contribution < 1.29 is 4.92 Å². The van der Waals surface area contributed by atoms with Gasteiger partial charge in [0.2, 0.25) is 0 Å². The summed E-state index contributed by atoms with van der Waals surface area (Å²) in [5, 5.41) is 10.6. The number of piperidine rings is 1. The molecule has 0 unspecified atom stereocenters. The lowest BCUT2D eigenvalue weighted by Crippen LogP contribution is -2.31. The maximum Gasteiger partial charge on any atom is 0.344 e. The molecule has 0 radical (unpaired) electrons. The van der Waals surface area contributed by atoms with E-state index in [0.29, 0.717) is 5.95 Å². The Morgan fingerprint density at radius 2 is 2.07 bits per heavy atom. The molecule has 0 atom stereocenters. The molecule has 15 heavy (non-hydrogen) atoms. The molecule has 1 aliphatic heterocycles. The second kappa shape index (κ2) is 3.88. The second-order valence-corrected chi connectivity index (χ2v) is 3.78. The van der Waals surface area contributed by atoms with Gasteiger partial charge in [-0.05, 0) is 24.2 Å². The summed E-state index contributed by atoms with van der Waals surface area (Å²) < 4.78 is 1.55. The van der Waals surface area contributed by atoms with Gasteiger partial charge in [-0.3, -0.25) is 0 Å². The van der Waals surface area contributed by atoms with Crippen molar-refractivity contribution >= 4 is 11.8 Å². The number of hydrogen-bond donors (Lipinski definition) is 0. The fourth-order valence-corrected chi connectivity index (χ4v) is 1.95. The number of anilines is 1. The first kappa shape index (κ1) is 9.95. The lowest BCUT2D eigenvalue weighted by atomic mass is 10.1. The summed E-state index contributed by atoms with van der Waals surface area (Å²) in [4.78, 5) is 16.5. The molecule has 6 nitrogen and oxygen atoms in total. The predicted octanol–water partition coefficient (Wildman–Crippen LogP) is 1.32. The Labute approximate surface area is 87.7 Å². The monoisotopic (exact) mass is 210 g/mol. The average Bonchev–Trinajstić information content (AvgIpc) is 2.61. The molecule has 0 amide bonds. The van der Waals surface area contributed by atoms with Crippen LogP contribution in [0.15, 0.2) is 6.20 Å². The first-order chi connectivity index (χ1) is 7.20. The number of rotatable bonds is 2. The van der Waals surface area contributed by atoms with Crippen molar-refractivity contribution in [2.45, 2.75) is 19.3 Å². The van der Waals surface area contributed by atoms with Crippen molar-refractivity contribution in [1.82, 2.24) is 9.55 Å². The zero-order chi connectivity index (χ0) is 10.8. The van der Waals surface area contributed by atoms with Crippen LogP contribution in [0.1, 0.15) is 19.3 Å². The largest absolute Gasteiger partial charge is 0.358 e. The molecular weight excluding hydrogens is 196 g/mol. The van der Waals surface area contributed by atoms with Gasteiger partial charge in [-0.2, -0.15) is 9.55 Å². The summed E-state index contributed by atoms with van der Waals surface area (Å²) in [7, 11) is 1.69. The highest BCUT2D eigenvalue weighted by Gasteiger charge is 2.22. The van der Waals surface area contributed by atoms with E-state index in [2.05, 4.69) is 9.88 Å². The van der Waals surface area contributed by atoms with E-state index in [1.807, 2.05) is 0 Å². The molecule has 82 valence electrons. The van der Waals surface area contributed by atoms with Crippen LogP contribution in [0.2, 0.25) is 0 Å². The molecule has 2 rings (SSSR count). The fraction of sp³-hybridized carbons (Fsp3) is 0.667. The molecular formula is C9H14N4O2. The molecule has 1 aromatic heterocycles. The Morgan fingerprint density at radius 3 is 2.60 bits per heavy atom. The molecule has 1 aromatic rings. The fourth-order valence-electron chi connectivity index (χ4n) is 1.95. The van der Waals surface area contributed by atoms with Gasteiger partial charge in [-0.15, -0.1) is 0 Å². The maximum absolute atomic E-state index is 10.6. The summed E-state index contributed by atoms with van der Waals surface area (Å²) >= 11 is 0. The van der Waals surface area contributed by atoms with Gasteiger partial charge in [-0.1, -0.05) is 0 Å². The standard InChI is InChI=1S/C9H14N4O2/c1-11-8(13(14)15)7-10-9(11)12-5-3-2-4-6-12/h7H,2-6H2,1H3. The van der Waals surface area contributed by atoms with Crippen molar-refractivity contribution in [3.63, 3.8) is 0 Å². The molecule has 1 aliphatic rings. The average molecular weight is 210 g/mol. The van der Waals surface area contributed by atoms with Crippen LogP contribution in [-0.2, 0) is 7.05 Å². The molecule has 6 heteroatoms. The summed E-state index contributed by atoms with van der Waals surface area (Å²) in [6.45, 7) is 1.89. The molecule has 0 aromatic carbocycles. The predicted molar refractivity (Wildman–Crippen MR) is 55.9 cm³/mol. The summed E-state index contributed by atoms with van der Waals surface area (Å²) in [6, 6.07) is 0. The molecule has 0 N–H and O–H groups in total. The maximum atomic E-state index is 10.6. The van der Waals surface area contributed by atoms with Crippen LogP contribution >= 0.6 is 0 Å². The number of hydrogen-bond acceptors (Lipinski definition) is 4. The van der Waals surface area contributed by atoms with E-state index in [4.69, 9.17) is 0 Å². The Balaban J connectivity index is 2.24. The smallest absolute Gasteiger partial charge is 0.344 e. The van der Waals surface area contributed by atoms with Crippen LogP contribution in [0.25, 0.3) is 0 Å². The highest BCUT2D eigenvalue weighted by molar-refractivity contribution is 5.38. The van der Waals surface area contributed by atoms with Crippen molar-refractivity contribution in [3.05, 3.63) is 16.3 Å². The van der Waals surface area contributed by atoms with Gasteiger partial charge in [0.05, 0.1) is 7.05 Å². The number of nitro groups is 1. The van der Waals surface area contributed by atoms with Gasteiger partial charge < -0.3 is 15.0 Å². The quantitative estimate of drug-likeness (QED) is 0.545. The van der Waals surface area contributed by atoms with E-state index in [9.17, 15) is 10.1 Å². The minimum absolute atomic E-state index is 0.0515. The van der Waals surface area contributed by atoms with Crippen molar-refractivity contribution in [2.24, 2.45) is 7.05 Å². The molecule has 0 spiro atoms. The van der Waals surface area contributed by atoms with Crippen molar-refractivity contribution in [2.75, 3.05) is 18.0 Å². The van der Waals surface area contributed by atoms with Crippen molar-refractivity contribution in [3.8, 4) is 0 Å². The van der Waals surface area contributed by atoms with Crippen LogP contribution in [0.5, 0.6) is 0 Å². The third kappa shape index (κ3) is 1.79. The Kier molecular flexibility index (Phi) is 2.57. The zero-order valence-electron chi connectivity index (χ0n) is 8.72. The van der Waals surface area contributed by atoms with Crippen LogP contribution in [0, 0.1) is 10.1 Å². The van der Waals surface area contributed by atoms with Gasteiger partial charge in [0.1, 0.15) is 6.20 Å². The van der Waals surface area contributed by atoms with Crippen LogP contribution in [0.3, 0.4) is 0 Å². The van der Waals surface area contributed by atoms with Gasteiger partial charge >= 0.3 is 5.82 Å². The molecule has 1 fully saturated rings. The van der Waals surface area contributed by atoms with Gasteiger partial charge in [0.25, 0.3) is 5.95 Å². The van der Waals surface area contributed by atoms with Crippen LogP contribution in [-0.4, -0.2) is 27.6 Å². The lowest BCUT2D eigenvalue weighted by molar-refractivity contribution is -0.391. The molecule has 1 saturated heterocycles. The Hall–Kier alpha value is -1.59.